The van der Waals surface area contributed by atoms with Gasteiger partial charge in [0.2, 0.25) is 0 Å². The van der Waals surface area contributed by atoms with Crippen molar-refractivity contribution in [1.82, 2.24) is 24.4 Å². The number of amides is 1. The van der Waals surface area contributed by atoms with Crippen molar-refractivity contribution in [3.8, 4) is 0 Å². The first kappa shape index (κ1) is 19.3. The van der Waals surface area contributed by atoms with Gasteiger partial charge in [-0.05, 0) is 13.0 Å². The molecule has 1 amide bonds. The number of alkyl halides is 3. The van der Waals surface area contributed by atoms with Gasteiger partial charge in [-0.25, -0.2) is 14.8 Å². The van der Waals surface area contributed by atoms with Gasteiger partial charge in [-0.3, -0.25) is 18.7 Å². The number of rotatable bonds is 4. The molecule has 140 valence electrons. The minimum absolute atomic E-state index is 0.0463. The van der Waals surface area contributed by atoms with E-state index in [1.54, 1.807) is 0 Å². The maximum absolute atomic E-state index is 12.7. The Morgan fingerprint density at radius 3 is 2.42 bits per heavy atom. The second-order valence-electron chi connectivity index (χ2n) is 5.58. The highest BCUT2D eigenvalue weighted by Crippen LogP contribution is 2.27. The molecule has 0 radical (unpaired) electrons. The van der Waals surface area contributed by atoms with Crippen LogP contribution < -0.4 is 16.6 Å². The Morgan fingerprint density at radius 1 is 1.15 bits per heavy atom. The number of aryl methyl sites for hydroxylation is 1. The molecule has 26 heavy (non-hydrogen) atoms. The number of hydrogen-bond donors (Lipinski definition) is 1. The van der Waals surface area contributed by atoms with E-state index in [2.05, 4.69) is 15.3 Å². The number of carbonyl (C=O) groups is 1. The third kappa shape index (κ3) is 4.16. The van der Waals surface area contributed by atoms with Crippen LogP contribution in [0, 0.1) is 6.92 Å². The van der Waals surface area contributed by atoms with Crippen LogP contribution in [0.1, 0.15) is 27.7 Å². The lowest BCUT2D eigenvalue weighted by Gasteiger charge is -2.11. The average Bonchev–Trinajstić information content (AvgIpc) is 2.54. The second-order valence-corrected chi connectivity index (χ2v) is 5.58. The molecule has 0 aliphatic carbocycles. The predicted octanol–water partition coefficient (Wildman–Crippen LogP) is 0.174. The highest BCUT2D eigenvalue weighted by molar-refractivity contribution is 5.92. The number of hydrogen-bond acceptors (Lipinski definition) is 5. The lowest BCUT2D eigenvalue weighted by Crippen LogP contribution is -2.41. The largest absolute Gasteiger partial charge is 0.433 e. The van der Waals surface area contributed by atoms with Gasteiger partial charge in [0.1, 0.15) is 17.2 Å². The molecule has 2 aromatic heterocycles. The van der Waals surface area contributed by atoms with E-state index in [9.17, 15) is 27.6 Å². The summed E-state index contributed by atoms with van der Waals surface area (Å²) < 4.78 is 40.1. The van der Waals surface area contributed by atoms with E-state index in [-0.39, 0.29) is 30.2 Å². The molecule has 8 nitrogen and oxygen atoms in total. The highest BCUT2D eigenvalue weighted by Gasteiger charge is 2.33. The van der Waals surface area contributed by atoms with Crippen molar-refractivity contribution < 1.29 is 18.0 Å². The molecule has 0 saturated heterocycles. The molecule has 1 N–H and O–H groups in total. The Hall–Kier alpha value is -2.98. The standard InChI is InChI=1S/C15H16F3N5O3/c1-8-6-10(15(16,17)18)21-11(20-8)4-5-19-13(25)9-7-12(24)23(3)14(26)22(9)2/h6-7H,4-5H2,1-3H3,(H,19,25). The van der Waals surface area contributed by atoms with Crippen LogP contribution in [0.4, 0.5) is 13.2 Å². The molecule has 0 saturated carbocycles. The molecule has 0 aliphatic heterocycles. The van der Waals surface area contributed by atoms with Gasteiger partial charge in [-0.2, -0.15) is 13.2 Å². The number of carbonyl (C=O) groups excluding carboxylic acids is 1. The van der Waals surface area contributed by atoms with Crippen LogP contribution in [0.25, 0.3) is 0 Å². The van der Waals surface area contributed by atoms with Gasteiger partial charge >= 0.3 is 11.9 Å². The molecule has 0 unspecified atom stereocenters. The van der Waals surface area contributed by atoms with Crippen molar-refractivity contribution in [3.05, 3.63) is 55.9 Å². The van der Waals surface area contributed by atoms with E-state index in [1.807, 2.05) is 0 Å². The average molecular weight is 371 g/mol. The van der Waals surface area contributed by atoms with Crippen molar-refractivity contribution in [2.24, 2.45) is 14.1 Å². The van der Waals surface area contributed by atoms with Crippen molar-refractivity contribution in [2.45, 2.75) is 19.5 Å². The van der Waals surface area contributed by atoms with E-state index in [0.29, 0.717) is 0 Å². The maximum Gasteiger partial charge on any atom is 0.433 e. The molecule has 11 heteroatoms. The van der Waals surface area contributed by atoms with Gasteiger partial charge in [-0.15, -0.1) is 0 Å². The fraction of sp³-hybridized carbons (Fsp3) is 0.400. The Balaban J connectivity index is 2.12. The van der Waals surface area contributed by atoms with Crippen LogP contribution >= 0.6 is 0 Å². The first-order valence-electron chi connectivity index (χ1n) is 7.47. The predicted molar refractivity (Wildman–Crippen MR) is 84.7 cm³/mol. The zero-order chi connectivity index (χ0) is 19.6. The molecule has 0 fully saturated rings. The summed E-state index contributed by atoms with van der Waals surface area (Å²) in [5.74, 6) is -0.776. The number of aromatic nitrogens is 4. The summed E-state index contributed by atoms with van der Waals surface area (Å²) in [5, 5.41) is 2.43. The van der Waals surface area contributed by atoms with Crippen molar-refractivity contribution in [3.63, 3.8) is 0 Å². The Bertz CT molecular complexity index is 962. The Morgan fingerprint density at radius 2 is 1.81 bits per heavy atom. The van der Waals surface area contributed by atoms with Crippen molar-refractivity contribution in [2.75, 3.05) is 6.54 Å². The van der Waals surface area contributed by atoms with Gasteiger partial charge in [0.05, 0.1) is 0 Å². The molecule has 2 rings (SSSR count). The van der Waals surface area contributed by atoms with Crippen LogP contribution in [-0.2, 0) is 26.7 Å². The van der Waals surface area contributed by atoms with Gasteiger partial charge in [0.15, 0.2) is 0 Å². The van der Waals surface area contributed by atoms with Crippen LogP contribution in [0.3, 0.4) is 0 Å². The highest BCUT2D eigenvalue weighted by atomic mass is 19.4. The fourth-order valence-electron chi connectivity index (χ4n) is 2.22. The lowest BCUT2D eigenvalue weighted by molar-refractivity contribution is -0.141. The molecule has 2 heterocycles. The van der Waals surface area contributed by atoms with Crippen molar-refractivity contribution in [1.29, 1.82) is 0 Å². The van der Waals surface area contributed by atoms with Gasteiger partial charge < -0.3 is 5.32 Å². The molecule has 0 atom stereocenters. The van der Waals surface area contributed by atoms with E-state index >= 15 is 0 Å². The molecule has 0 spiro atoms. The number of halogens is 3. The zero-order valence-corrected chi connectivity index (χ0v) is 14.2. The van der Waals surface area contributed by atoms with E-state index < -0.39 is 29.0 Å². The molecular formula is C15H16F3N5O3. The summed E-state index contributed by atoms with van der Waals surface area (Å²) in [5.41, 5.74) is -2.36. The van der Waals surface area contributed by atoms with Crippen molar-refractivity contribution >= 4 is 5.91 Å². The normalized spacial score (nSPS) is 11.5. The molecule has 0 bridgehead atoms. The van der Waals surface area contributed by atoms with Crippen LogP contribution in [-0.4, -0.2) is 31.6 Å². The molecule has 2 aromatic rings. The first-order valence-corrected chi connectivity index (χ1v) is 7.47. The molecule has 0 aromatic carbocycles. The summed E-state index contributed by atoms with van der Waals surface area (Å²) in [7, 11) is 2.61. The van der Waals surface area contributed by atoms with Gasteiger partial charge in [-0.1, -0.05) is 0 Å². The fourth-order valence-corrected chi connectivity index (χ4v) is 2.22. The summed E-state index contributed by atoms with van der Waals surface area (Å²) in [6.07, 6.45) is -4.64. The molecular weight excluding hydrogens is 355 g/mol. The SMILES string of the molecule is Cc1cc(C(F)(F)F)nc(CCNC(=O)c2cc(=O)n(C)c(=O)n2C)n1. The number of nitrogens with one attached hydrogen (secondary N) is 1. The van der Waals surface area contributed by atoms with Gasteiger partial charge in [0, 0.05) is 38.8 Å². The maximum atomic E-state index is 12.7. The van der Waals surface area contributed by atoms with Gasteiger partial charge in [0.25, 0.3) is 11.5 Å². The first-order chi connectivity index (χ1) is 12.0. The second kappa shape index (κ2) is 7.10. The van der Waals surface area contributed by atoms with E-state index in [1.165, 1.54) is 21.0 Å². The van der Waals surface area contributed by atoms with Crippen LogP contribution in [0.5, 0.6) is 0 Å². The quantitative estimate of drug-likeness (QED) is 0.826. The topological polar surface area (TPSA) is 98.9 Å². The zero-order valence-electron chi connectivity index (χ0n) is 14.2. The van der Waals surface area contributed by atoms with E-state index in [4.69, 9.17) is 0 Å². The van der Waals surface area contributed by atoms with E-state index in [0.717, 1.165) is 21.3 Å². The third-order valence-corrected chi connectivity index (χ3v) is 3.58. The minimum Gasteiger partial charge on any atom is -0.350 e. The van der Waals surface area contributed by atoms with Crippen LogP contribution in [0.15, 0.2) is 21.7 Å². The minimum atomic E-state index is -4.59. The summed E-state index contributed by atoms with van der Waals surface area (Å²) >= 11 is 0. The lowest BCUT2D eigenvalue weighted by atomic mass is 10.3. The Labute approximate surface area is 145 Å². The third-order valence-electron chi connectivity index (χ3n) is 3.58. The molecule has 0 aliphatic rings. The monoisotopic (exact) mass is 371 g/mol. The summed E-state index contributed by atoms with van der Waals surface area (Å²) in [6, 6.07) is 1.83. The number of nitrogens with zero attached hydrogens (tertiary/aromatic N) is 4. The smallest absolute Gasteiger partial charge is 0.350 e. The summed E-state index contributed by atoms with van der Waals surface area (Å²) in [4.78, 5) is 42.9. The Kier molecular flexibility index (Phi) is 5.28. The van der Waals surface area contributed by atoms with Crippen LogP contribution in [0.2, 0.25) is 0 Å². The summed E-state index contributed by atoms with van der Waals surface area (Å²) in [6.45, 7) is 1.34.